The van der Waals surface area contributed by atoms with Crippen molar-refractivity contribution in [2.45, 2.75) is 4.90 Å². The summed E-state index contributed by atoms with van der Waals surface area (Å²) in [6.45, 7) is 0. The largest absolute Gasteiger partial charge is 0.396 e. The predicted octanol–water partition coefficient (Wildman–Crippen LogP) is 3.67. The number of aromatic nitrogens is 2. The van der Waals surface area contributed by atoms with Gasteiger partial charge in [-0.05, 0) is 30.3 Å². The van der Waals surface area contributed by atoms with Crippen LogP contribution >= 0.6 is 23.2 Å². The number of benzene rings is 2. The van der Waals surface area contributed by atoms with Crippen molar-refractivity contribution in [3.8, 4) is 0 Å². The van der Waals surface area contributed by atoms with Crippen LogP contribution in [0.25, 0.3) is 10.9 Å². The third kappa shape index (κ3) is 3.24. The molecule has 1 aromatic heterocycles. The molecule has 0 atom stereocenters. The van der Waals surface area contributed by atoms with Crippen molar-refractivity contribution in [3.63, 3.8) is 0 Å². The lowest BCUT2D eigenvalue weighted by molar-refractivity contribution is 0.602. The van der Waals surface area contributed by atoms with Crippen molar-refractivity contribution in [3.05, 3.63) is 46.7 Å². The molecule has 2 aromatic carbocycles. The summed E-state index contributed by atoms with van der Waals surface area (Å²) in [5, 5.41) is 4.24. The number of hydrogen-bond donors (Lipinski definition) is 2. The lowest BCUT2D eigenvalue weighted by Gasteiger charge is -2.11. The summed E-state index contributed by atoms with van der Waals surface area (Å²) in [5.74, 6) is 0.433. The maximum Gasteiger partial charge on any atom is 0.175 e. The molecule has 6 nitrogen and oxygen atoms in total. The van der Waals surface area contributed by atoms with E-state index in [0.29, 0.717) is 32.5 Å². The molecule has 124 valence electrons. The monoisotopic (exact) mass is 382 g/mol. The van der Waals surface area contributed by atoms with Crippen molar-refractivity contribution in [2.75, 3.05) is 17.3 Å². The van der Waals surface area contributed by atoms with Crippen LogP contribution in [-0.2, 0) is 9.84 Å². The molecule has 3 rings (SSSR count). The highest BCUT2D eigenvalue weighted by Crippen LogP contribution is 2.33. The summed E-state index contributed by atoms with van der Waals surface area (Å²) in [5.41, 5.74) is 7.18. The second-order valence-electron chi connectivity index (χ2n) is 5.15. The average Bonchev–Trinajstić information content (AvgIpc) is 2.51. The highest BCUT2D eigenvalue weighted by atomic mass is 35.5. The van der Waals surface area contributed by atoms with Gasteiger partial charge in [-0.25, -0.2) is 18.4 Å². The highest BCUT2D eigenvalue weighted by molar-refractivity contribution is 7.90. The smallest absolute Gasteiger partial charge is 0.175 e. The van der Waals surface area contributed by atoms with Crippen molar-refractivity contribution in [2.24, 2.45) is 0 Å². The second-order valence-corrected chi connectivity index (χ2v) is 7.98. The zero-order valence-corrected chi connectivity index (χ0v) is 14.7. The fourth-order valence-corrected chi connectivity index (χ4v) is 3.29. The van der Waals surface area contributed by atoms with Crippen LogP contribution in [0, 0.1) is 0 Å². The number of anilines is 3. The van der Waals surface area contributed by atoms with Crippen molar-refractivity contribution in [1.82, 2.24) is 9.97 Å². The molecule has 3 aromatic rings. The molecule has 24 heavy (non-hydrogen) atoms. The first-order valence-corrected chi connectivity index (χ1v) is 9.37. The van der Waals surface area contributed by atoms with Gasteiger partial charge in [0.2, 0.25) is 0 Å². The normalized spacial score (nSPS) is 11.6. The van der Waals surface area contributed by atoms with Crippen LogP contribution in [0.3, 0.4) is 0 Å². The third-order valence-corrected chi connectivity index (χ3v) is 5.11. The average molecular weight is 383 g/mol. The standard InChI is InChI=1S/C15H12Cl2N4O2S/c1-24(22,23)9-2-3-13-10(6-9)15(20-7-19-13)21-8-4-11(16)14(18)12(17)5-8/h2-7H,18H2,1H3,(H,19,20,21). The van der Waals surface area contributed by atoms with Gasteiger partial charge in [0.1, 0.15) is 12.1 Å². The van der Waals surface area contributed by atoms with E-state index in [0.717, 1.165) is 6.26 Å². The Hall–Kier alpha value is -2.09. The fourth-order valence-electron chi connectivity index (χ4n) is 2.16. The van der Waals surface area contributed by atoms with Gasteiger partial charge in [-0.15, -0.1) is 0 Å². The lowest BCUT2D eigenvalue weighted by atomic mass is 10.2. The van der Waals surface area contributed by atoms with Crippen LogP contribution in [0.4, 0.5) is 17.2 Å². The molecule has 0 radical (unpaired) electrons. The topological polar surface area (TPSA) is 98.0 Å². The first-order valence-electron chi connectivity index (χ1n) is 6.72. The first-order chi connectivity index (χ1) is 11.3. The summed E-state index contributed by atoms with van der Waals surface area (Å²) in [6.07, 6.45) is 2.52. The van der Waals surface area contributed by atoms with Crippen LogP contribution < -0.4 is 11.1 Å². The zero-order chi connectivity index (χ0) is 17.5. The summed E-state index contributed by atoms with van der Waals surface area (Å²) >= 11 is 12.1. The molecule has 0 amide bonds. The summed E-state index contributed by atoms with van der Waals surface area (Å²) in [7, 11) is -3.35. The van der Waals surface area contributed by atoms with Crippen LogP contribution in [0.15, 0.2) is 41.6 Å². The predicted molar refractivity (Wildman–Crippen MR) is 96.8 cm³/mol. The molecule has 0 saturated carbocycles. The Bertz CT molecular complexity index is 1030. The number of rotatable bonds is 3. The Morgan fingerprint density at radius 3 is 2.38 bits per heavy atom. The number of nitrogens with two attached hydrogens (primary N) is 1. The molecule has 0 aliphatic carbocycles. The number of sulfone groups is 1. The number of halogens is 2. The molecule has 0 aliphatic rings. The lowest BCUT2D eigenvalue weighted by Crippen LogP contribution is -2.00. The van der Waals surface area contributed by atoms with Crippen LogP contribution in [0.2, 0.25) is 10.0 Å². The molecule has 1 heterocycles. The van der Waals surface area contributed by atoms with Gasteiger partial charge in [0, 0.05) is 17.3 Å². The van der Waals surface area contributed by atoms with Crippen molar-refractivity contribution in [1.29, 1.82) is 0 Å². The fraction of sp³-hybridized carbons (Fsp3) is 0.0667. The Labute approximate surface area is 148 Å². The first kappa shape index (κ1) is 16.8. The van der Waals surface area contributed by atoms with E-state index in [1.54, 1.807) is 18.2 Å². The van der Waals surface area contributed by atoms with Gasteiger partial charge in [0.25, 0.3) is 0 Å². The number of fused-ring (bicyclic) bond motifs is 1. The second kappa shape index (κ2) is 6.08. The van der Waals surface area contributed by atoms with E-state index < -0.39 is 9.84 Å². The highest BCUT2D eigenvalue weighted by Gasteiger charge is 2.12. The number of nitrogens with zero attached hydrogens (tertiary/aromatic N) is 2. The molecular weight excluding hydrogens is 371 g/mol. The molecule has 0 bridgehead atoms. The Balaban J connectivity index is 2.12. The molecular formula is C15H12Cl2N4O2S. The van der Waals surface area contributed by atoms with Gasteiger partial charge in [-0.3, -0.25) is 0 Å². The third-order valence-electron chi connectivity index (χ3n) is 3.38. The Morgan fingerprint density at radius 1 is 1.08 bits per heavy atom. The summed E-state index contributed by atoms with van der Waals surface area (Å²) < 4.78 is 23.5. The maximum atomic E-state index is 11.8. The van der Waals surface area contributed by atoms with E-state index >= 15 is 0 Å². The summed E-state index contributed by atoms with van der Waals surface area (Å²) in [4.78, 5) is 8.49. The van der Waals surface area contributed by atoms with Crippen LogP contribution in [-0.4, -0.2) is 24.6 Å². The number of nitrogen functional groups attached to an aromatic ring is 1. The molecule has 0 spiro atoms. The van der Waals surface area contributed by atoms with Crippen LogP contribution in [0.1, 0.15) is 0 Å². The molecule has 9 heteroatoms. The zero-order valence-electron chi connectivity index (χ0n) is 12.4. The molecule has 0 aliphatic heterocycles. The van der Waals surface area contributed by atoms with Crippen LogP contribution in [0.5, 0.6) is 0 Å². The Kier molecular flexibility index (Phi) is 4.25. The van der Waals surface area contributed by atoms with Crippen molar-refractivity contribution < 1.29 is 8.42 Å². The van der Waals surface area contributed by atoms with Gasteiger partial charge in [-0.2, -0.15) is 0 Å². The molecule has 3 N–H and O–H groups in total. The number of nitrogens with one attached hydrogen (secondary N) is 1. The Morgan fingerprint density at radius 2 is 1.75 bits per heavy atom. The van der Waals surface area contributed by atoms with E-state index in [1.165, 1.54) is 18.5 Å². The van der Waals surface area contributed by atoms with Crippen molar-refractivity contribution >= 4 is 61.1 Å². The van der Waals surface area contributed by atoms with Gasteiger partial charge < -0.3 is 11.1 Å². The molecule has 0 saturated heterocycles. The van der Waals surface area contributed by atoms with E-state index in [1.807, 2.05) is 0 Å². The SMILES string of the molecule is CS(=O)(=O)c1ccc2ncnc(Nc3cc(Cl)c(N)c(Cl)c3)c2c1. The van der Waals surface area contributed by atoms with Gasteiger partial charge >= 0.3 is 0 Å². The summed E-state index contributed by atoms with van der Waals surface area (Å²) in [6, 6.07) is 7.87. The quantitative estimate of drug-likeness (QED) is 0.670. The minimum atomic E-state index is -3.35. The molecule has 0 unspecified atom stereocenters. The van der Waals surface area contributed by atoms with Gasteiger partial charge in [-0.1, -0.05) is 23.2 Å². The number of hydrogen-bond acceptors (Lipinski definition) is 6. The molecule has 0 fully saturated rings. The minimum Gasteiger partial charge on any atom is -0.396 e. The van der Waals surface area contributed by atoms with E-state index in [2.05, 4.69) is 15.3 Å². The minimum absolute atomic E-state index is 0.182. The van der Waals surface area contributed by atoms with Gasteiger partial charge in [0.05, 0.1) is 26.1 Å². The van der Waals surface area contributed by atoms with E-state index in [9.17, 15) is 8.42 Å². The van der Waals surface area contributed by atoms with E-state index in [4.69, 9.17) is 28.9 Å². The maximum absolute atomic E-state index is 11.8. The van der Waals surface area contributed by atoms with E-state index in [-0.39, 0.29) is 10.6 Å². The van der Waals surface area contributed by atoms with Gasteiger partial charge in [0.15, 0.2) is 9.84 Å².